The van der Waals surface area contributed by atoms with Gasteiger partial charge in [0.15, 0.2) is 0 Å². The number of hydrogen-bond donors (Lipinski definition) is 1. The molecule has 3 atom stereocenters. The van der Waals surface area contributed by atoms with Crippen LogP contribution in [0.4, 0.5) is 11.4 Å². The summed E-state index contributed by atoms with van der Waals surface area (Å²) in [5.74, 6) is 2.00. The smallest absolute Gasteiger partial charge is 0.243 e. The minimum atomic E-state index is -3.61. The summed E-state index contributed by atoms with van der Waals surface area (Å²) in [6, 6.07) is 5.25. The van der Waals surface area contributed by atoms with Crippen LogP contribution in [0.15, 0.2) is 23.1 Å². The normalized spacial score (nSPS) is 28.8. The number of nitrogens with zero attached hydrogens (tertiary/aromatic N) is 2. The predicted octanol–water partition coefficient (Wildman–Crippen LogP) is 3.46. The van der Waals surface area contributed by atoms with Gasteiger partial charge in [-0.15, -0.1) is 0 Å². The molecular weight excluding hydrogens is 426 g/mol. The van der Waals surface area contributed by atoms with Gasteiger partial charge in [-0.25, -0.2) is 8.42 Å². The molecule has 5 rings (SSSR count). The topological polar surface area (TPSA) is 79.0 Å². The summed E-state index contributed by atoms with van der Waals surface area (Å²) in [4.78, 5) is 15.6. The van der Waals surface area contributed by atoms with Crippen molar-refractivity contribution in [2.45, 2.75) is 56.3 Å². The Hall–Kier alpha value is -1.64. The van der Waals surface area contributed by atoms with Gasteiger partial charge in [0, 0.05) is 32.6 Å². The van der Waals surface area contributed by atoms with Crippen LogP contribution in [0.3, 0.4) is 0 Å². The quantitative estimate of drug-likeness (QED) is 0.702. The Kier molecular flexibility index (Phi) is 6.45. The van der Waals surface area contributed by atoms with Gasteiger partial charge in [-0.3, -0.25) is 4.79 Å². The Morgan fingerprint density at radius 1 is 1.03 bits per heavy atom. The third-order valence-corrected chi connectivity index (χ3v) is 9.77. The zero-order valence-electron chi connectivity index (χ0n) is 18.8. The SMILES string of the molecule is O=C(C[C@H]1C[C@H]2CC[C@H]1C2)Nc1cc(S(=O)(=O)N2CCOCC2)ccc1N1CCCCC1. The minimum Gasteiger partial charge on any atom is -0.379 e. The number of piperidine rings is 1. The summed E-state index contributed by atoms with van der Waals surface area (Å²) in [5, 5.41) is 3.12. The highest BCUT2D eigenvalue weighted by molar-refractivity contribution is 7.89. The Labute approximate surface area is 191 Å². The first-order valence-electron chi connectivity index (χ1n) is 12.3. The van der Waals surface area contributed by atoms with E-state index in [1.54, 1.807) is 12.1 Å². The lowest BCUT2D eigenvalue weighted by Crippen LogP contribution is -2.40. The monoisotopic (exact) mass is 461 g/mol. The van der Waals surface area contributed by atoms with Crippen molar-refractivity contribution in [3.63, 3.8) is 0 Å². The average Bonchev–Trinajstić information content (AvgIpc) is 3.43. The fourth-order valence-corrected chi connectivity index (χ4v) is 7.62. The lowest BCUT2D eigenvalue weighted by atomic mass is 9.86. The van der Waals surface area contributed by atoms with Crippen LogP contribution in [0.2, 0.25) is 0 Å². The summed E-state index contributed by atoms with van der Waals surface area (Å²) >= 11 is 0. The van der Waals surface area contributed by atoms with E-state index < -0.39 is 10.0 Å². The number of nitrogens with one attached hydrogen (secondary N) is 1. The van der Waals surface area contributed by atoms with E-state index in [9.17, 15) is 13.2 Å². The van der Waals surface area contributed by atoms with Crippen LogP contribution in [0.5, 0.6) is 0 Å². The van der Waals surface area contributed by atoms with Crippen molar-refractivity contribution in [2.24, 2.45) is 17.8 Å². The first-order chi connectivity index (χ1) is 15.5. The van der Waals surface area contributed by atoms with Crippen molar-refractivity contribution in [3.8, 4) is 0 Å². The first kappa shape index (κ1) is 22.2. The number of sulfonamides is 1. The number of carbonyl (C=O) groups is 1. The van der Waals surface area contributed by atoms with Gasteiger partial charge in [-0.2, -0.15) is 4.31 Å². The lowest BCUT2D eigenvalue weighted by Gasteiger charge is -2.31. The molecule has 2 aliphatic carbocycles. The number of hydrogen-bond acceptors (Lipinski definition) is 5. The Morgan fingerprint density at radius 2 is 1.81 bits per heavy atom. The van der Waals surface area contributed by atoms with Crippen molar-refractivity contribution < 1.29 is 17.9 Å². The molecule has 2 saturated carbocycles. The van der Waals surface area contributed by atoms with Gasteiger partial charge in [-0.1, -0.05) is 6.42 Å². The Bertz CT molecular complexity index is 939. The second-order valence-corrected chi connectivity index (χ2v) is 11.9. The zero-order valence-corrected chi connectivity index (χ0v) is 19.6. The summed E-state index contributed by atoms with van der Waals surface area (Å²) in [5.41, 5.74) is 1.57. The van der Waals surface area contributed by atoms with Gasteiger partial charge in [-0.05, 0) is 74.5 Å². The predicted molar refractivity (Wildman–Crippen MR) is 124 cm³/mol. The van der Waals surface area contributed by atoms with Crippen molar-refractivity contribution in [1.82, 2.24) is 4.31 Å². The standard InChI is InChI=1S/C24H35N3O4S/c28-24(16-20-15-18-4-5-19(20)14-18)25-22-17-21(32(29,30)27-10-12-31-13-11-27)6-7-23(22)26-8-2-1-3-9-26/h6-7,17-20H,1-5,8-16H2,(H,25,28)/t18-,19-,20+/m0/s1. The molecule has 4 aliphatic rings. The molecule has 4 fully saturated rings. The third-order valence-electron chi connectivity index (χ3n) is 7.88. The highest BCUT2D eigenvalue weighted by atomic mass is 32.2. The number of benzene rings is 1. The van der Waals surface area contributed by atoms with E-state index in [2.05, 4.69) is 10.2 Å². The summed E-state index contributed by atoms with van der Waals surface area (Å²) in [7, 11) is -3.61. The number of morpholine rings is 1. The largest absolute Gasteiger partial charge is 0.379 e. The minimum absolute atomic E-state index is 0.0155. The molecule has 1 aromatic carbocycles. The van der Waals surface area contributed by atoms with Crippen LogP contribution in [0.1, 0.15) is 51.4 Å². The van der Waals surface area contributed by atoms with Crippen molar-refractivity contribution in [1.29, 1.82) is 0 Å². The van der Waals surface area contributed by atoms with E-state index in [-0.39, 0.29) is 10.8 Å². The van der Waals surface area contributed by atoms with Gasteiger partial charge in [0.25, 0.3) is 0 Å². The molecule has 0 spiro atoms. The molecule has 32 heavy (non-hydrogen) atoms. The van der Waals surface area contributed by atoms with E-state index in [1.165, 1.54) is 36.4 Å². The van der Waals surface area contributed by atoms with Crippen LogP contribution in [0, 0.1) is 17.8 Å². The van der Waals surface area contributed by atoms with Crippen LogP contribution < -0.4 is 10.2 Å². The van der Waals surface area contributed by atoms with E-state index in [0.29, 0.717) is 50.2 Å². The number of ether oxygens (including phenoxy) is 1. The molecule has 0 aromatic heterocycles. The molecule has 1 amide bonds. The molecule has 0 radical (unpaired) electrons. The van der Waals surface area contributed by atoms with Gasteiger partial charge >= 0.3 is 0 Å². The fourth-order valence-electron chi connectivity index (χ4n) is 6.19. The van der Waals surface area contributed by atoms with E-state index in [0.717, 1.165) is 37.5 Å². The first-order valence-corrected chi connectivity index (χ1v) is 13.7. The van der Waals surface area contributed by atoms with Gasteiger partial charge in [0.2, 0.25) is 15.9 Å². The summed E-state index contributed by atoms with van der Waals surface area (Å²) in [6.07, 6.45) is 9.02. The molecule has 1 aromatic rings. The molecule has 2 heterocycles. The fraction of sp³-hybridized carbons (Fsp3) is 0.708. The maximum atomic E-state index is 13.2. The average molecular weight is 462 g/mol. The van der Waals surface area contributed by atoms with Crippen molar-refractivity contribution in [3.05, 3.63) is 18.2 Å². The van der Waals surface area contributed by atoms with Gasteiger partial charge < -0.3 is 15.0 Å². The molecular formula is C24H35N3O4S. The second kappa shape index (κ2) is 9.31. The number of carbonyl (C=O) groups excluding carboxylic acids is 1. The van der Waals surface area contributed by atoms with E-state index in [4.69, 9.17) is 4.74 Å². The second-order valence-electron chi connectivity index (χ2n) is 9.93. The van der Waals surface area contributed by atoms with Crippen LogP contribution in [-0.4, -0.2) is 58.0 Å². The number of amides is 1. The molecule has 2 bridgehead atoms. The van der Waals surface area contributed by atoms with Gasteiger partial charge in [0.05, 0.1) is 29.5 Å². The Morgan fingerprint density at radius 3 is 2.50 bits per heavy atom. The van der Waals surface area contributed by atoms with Crippen LogP contribution >= 0.6 is 0 Å². The number of fused-ring (bicyclic) bond motifs is 2. The molecule has 2 aliphatic heterocycles. The summed E-state index contributed by atoms with van der Waals surface area (Å²) in [6.45, 7) is 3.43. The van der Waals surface area contributed by atoms with Crippen molar-refractivity contribution >= 4 is 27.3 Å². The zero-order chi connectivity index (χ0) is 22.1. The highest BCUT2D eigenvalue weighted by Gasteiger charge is 2.40. The molecule has 176 valence electrons. The number of anilines is 2. The molecule has 1 N–H and O–H groups in total. The van der Waals surface area contributed by atoms with E-state index >= 15 is 0 Å². The maximum Gasteiger partial charge on any atom is 0.243 e. The lowest BCUT2D eigenvalue weighted by molar-refractivity contribution is -0.117. The maximum absolute atomic E-state index is 13.2. The third kappa shape index (κ3) is 4.54. The highest BCUT2D eigenvalue weighted by Crippen LogP contribution is 2.49. The molecule has 2 saturated heterocycles. The molecule has 7 nitrogen and oxygen atoms in total. The van der Waals surface area contributed by atoms with Crippen LogP contribution in [0.25, 0.3) is 0 Å². The van der Waals surface area contributed by atoms with Gasteiger partial charge in [0.1, 0.15) is 0 Å². The number of rotatable bonds is 6. The van der Waals surface area contributed by atoms with E-state index in [1.807, 2.05) is 6.07 Å². The molecule has 0 unspecified atom stereocenters. The Balaban J connectivity index is 1.38. The summed E-state index contributed by atoms with van der Waals surface area (Å²) < 4.78 is 33.2. The molecule has 8 heteroatoms. The van der Waals surface area contributed by atoms with Crippen molar-refractivity contribution in [2.75, 3.05) is 49.6 Å². The van der Waals surface area contributed by atoms with Crippen LogP contribution in [-0.2, 0) is 19.6 Å².